The summed E-state index contributed by atoms with van der Waals surface area (Å²) in [6, 6.07) is 0. The van der Waals surface area contributed by atoms with Gasteiger partial charge in [-0.25, -0.2) is 0 Å². The molecule has 62 valence electrons. The van der Waals surface area contributed by atoms with Crippen molar-refractivity contribution in [3.05, 3.63) is 0 Å². The third-order valence-corrected chi connectivity index (χ3v) is 2.02. The monoisotopic (exact) mass is 146 g/mol. The van der Waals surface area contributed by atoms with Crippen molar-refractivity contribution in [3.8, 4) is 0 Å². The van der Waals surface area contributed by atoms with Crippen LogP contribution in [0.15, 0.2) is 0 Å². The van der Waals surface area contributed by atoms with Crippen LogP contribution in [-0.4, -0.2) is 6.67 Å². The maximum Gasteiger partial charge on any atom is 0.0894 e. The van der Waals surface area contributed by atoms with Crippen LogP contribution in [0.3, 0.4) is 0 Å². The zero-order valence-corrected chi connectivity index (χ0v) is 7.20. The summed E-state index contributed by atoms with van der Waals surface area (Å²) in [5.74, 6) is 0.778. The maximum atomic E-state index is 11.7. The number of rotatable bonds is 6. The summed E-state index contributed by atoms with van der Waals surface area (Å²) in [7, 11) is 0. The number of halogens is 1. The molecule has 0 aliphatic rings. The molecule has 10 heavy (non-hydrogen) atoms. The molecule has 0 aromatic heterocycles. The highest BCUT2D eigenvalue weighted by Crippen LogP contribution is 2.16. The third kappa shape index (κ3) is 4.78. The summed E-state index contributed by atoms with van der Waals surface area (Å²) in [4.78, 5) is 0. The largest absolute Gasteiger partial charge is 0.251 e. The van der Waals surface area contributed by atoms with Crippen molar-refractivity contribution in [1.82, 2.24) is 0 Å². The molecule has 0 amide bonds. The van der Waals surface area contributed by atoms with E-state index in [2.05, 4.69) is 13.8 Å². The van der Waals surface area contributed by atoms with Crippen molar-refractivity contribution < 1.29 is 4.39 Å². The van der Waals surface area contributed by atoms with E-state index in [0.29, 0.717) is 0 Å². The minimum atomic E-state index is -0.139. The highest BCUT2D eigenvalue weighted by atomic mass is 19.1. The van der Waals surface area contributed by atoms with Gasteiger partial charge in [-0.15, -0.1) is 0 Å². The summed E-state index contributed by atoms with van der Waals surface area (Å²) in [6.45, 7) is 4.25. The van der Waals surface area contributed by atoms with E-state index in [-0.39, 0.29) is 6.67 Å². The fraction of sp³-hybridized carbons (Fsp3) is 1.00. The van der Waals surface area contributed by atoms with E-state index in [1.165, 1.54) is 19.3 Å². The molecule has 1 heteroatoms. The first-order valence-corrected chi connectivity index (χ1v) is 4.41. The number of alkyl halides is 1. The first-order valence-electron chi connectivity index (χ1n) is 4.41. The van der Waals surface area contributed by atoms with E-state index in [0.717, 1.165) is 18.8 Å². The Labute approximate surface area is 63.8 Å². The van der Waals surface area contributed by atoms with Gasteiger partial charge in [0.2, 0.25) is 0 Å². The number of hydrogen-bond acceptors (Lipinski definition) is 0. The summed E-state index contributed by atoms with van der Waals surface area (Å²) in [6.07, 6.45) is 5.58. The standard InChI is InChI=1S/C9H19F/c1-3-6-9(4-2)7-5-8-10/h9H,3-8H2,1-2H3/t9-/m0/s1. The molecule has 0 heterocycles. The Bertz CT molecular complexity index is 61.7. The molecule has 0 saturated carbocycles. The summed E-state index contributed by atoms with van der Waals surface area (Å²) in [5.41, 5.74) is 0. The first-order chi connectivity index (χ1) is 4.85. The molecule has 0 aliphatic carbocycles. The minimum absolute atomic E-state index is 0.139. The van der Waals surface area contributed by atoms with Crippen molar-refractivity contribution in [2.24, 2.45) is 5.92 Å². The van der Waals surface area contributed by atoms with E-state index >= 15 is 0 Å². The normalized spacial score (nSPS) is 13.5. The van der Waals surface area contributed by atoms with Crippen molar-refractivity contribution in [1.29, 1.82) is 0 Å². The van der Waals surface area contributed by atoms with Gasteiger partial charge < -0.3 is 0 Å². The summed E-state index contributed by atoms with van der Waals surface area (Å²) < 4.78 is 11.7. The lowest BCUT2D eigenvalue weighted by molar-refractivity contribution is 0.376. The predicted octanol–water partition coefficient (Wildman–Crippen LogP) is 3.56. The second-order valence-corrected chi connectivity index (χ2v) is 2.89. The van der Waals surface area contributed by atoms with Crippen LogP contribution >= 0.6 is 0 Å². The van der Waals surface area contributed by atoms with Gasteiger partial charge in [-0.3, -0.25) is 4.39 Å². The lowest BCUT2D eigenvalue weighted by Gasteiger charge is -2.11. The molecule has 0 spiro atoms. The Kier molecular flexibility index (Phi) is 6.99. The Morgan fingerprint density at radius 1 is 1.20 bits per heavy atom. The zero-order valence-electron chi connectivity index (χ0n) is 7.20. The van der Waals surface area contributed by atoms with Gasteiger partial charge in [0, 0.05) is 0 Å². The molecule has 0 fully saturated rings. The van der Waals surface area contributed by atoms with E-state index in [4.69, 9.17) is 0 Å². The van der Waals surface area contributed by atoms with Crippen LogP contribution in [0.4, 0.5) is 4.39 Å². The van der Waals surface area contributed by atoms with E-state index in [9.17, 15) is 4.39 Å². The molecule has 0 nitrogen and oxygen atoms in total. The highest BCUT2D eigenvalue weighted by molar-refractivity contribution is 4.55. The molecule has 0 aliphatic heterocycles. The highest BCUT2D eigenvalue weighted by Gasteiger charge is 2.03. The molecule has 0 aromatic carbocycles. The number of hydrogen-bond donors (Lipinski definition) is 0. The molecular formula is C9H19F. The van der Waals surface area contributed by atoms with Gasteiger partial charge in [0.1, 0.15) is 0 Å². The average molecular weight is 146 g/mol. The third-order valence-electron chi connectivity index (χ3n) is 2.02. The van der Waals surface area contributed by atoms with E-state index in [1.54, 1.807) is 0 Å². The molecular weight excluding hydrogens is 127 g/mol. The van der Waals surface area contributed by atoms with Crippen LogP contribution in [0.1, 0.15) is 46.0 Å². The topological polar surface area (TPSA) is 0 Å². The van der Waals surface area contributed by atoms with Crippen LogP contribution in [-0.2, 0) is 0 Å². The Hall–Kier alpha value is -0.0700. The Morgan fingerprint density at radius 2 is 1.90 bits per heavy atom. The van der Waals surface area contributed by atoms with Crippen LogP contribution in [0.2, 0.25) is 0 Å². The minimum Gasteiger partial charge on any atom is -0.251 e. The fourth-order valence-electron chi connectivity index (χ4n) is 1.33. The van der Waals surface area contributed by atoms with E-state index in [1.807, 2.05) is 0 Å². The van der Waals surface area contributed by atoms with Crippen molar-refractivity contribution in [3.63, 3.8) is 0 Å². The van der Waals surface area contributed by atoms with Gasteiger partial charge >= 0.3 is 0 Å². The second-order valence-electron chi connectivity index (χ2n) is 2.89. The van der Waals surface area contributed by atoms with Gasteiger partial charge in [-0.05, 0) is 18.8 Å². The SMILES string of the molecule is CCC[C@H](CC)CCCF. The summed E-state index contributed by atoms with van der Waals surface area (Å²) in [5, 5.41) is 0. The van der Waals surface area contributed by atoms with Gasteiger partial charge in [0.05, 0.1) is 6.67 Å². The molecule has 0 N–H and O–H groups in total. The molecule has 0 radical (unpaired) electrons. The van der Waals surface area contributed by atoms with Crippen LogP contribution in [0, 0.1) is 5.92 Å². The second kappa shape index (κ2) is 7.04. The molecule has 0 unspecified atom stereocenters. The Morgan fingerprint density at radius 3 is 2.30 bits per heavy atom. The van der Waals surface area contributed by atoms with Crippen LogP contribution in [0.5, 0.6) is 0 Å². The lowest BCUT2D eigenvalue weighted by Crippen LogP contribution is -1.98. The van der Waals surface area contributed by atoms with Gasteiger partial charge in [-0.1, -0.05) is 33.1 Å². The predicted molar refractivity (Wildman–Crippen MR) is 43.9 cm³/mol. The van der Waals surface area contributed by atoms with Crippen molar-refractivity contribution in [2.45, 2.75) is 46.0 Å². The molecule has 0 rings (SSSR count). The van der Waals surface area contributed by atoms with Gasteiger partial charge in [0.25, 0.3) is 0 Å². The quantitative estimate of drug-likeness (QED) is 0.537. The van der Waals surface area contributed by atoms with Gasteiger partial charge in [-0.2, -0.15) is 0 Å². The Balaban J connectivity index is 3.21. The van der Waals surface area contributed by atoms with Crippen LogP contribution in [0.25, 0.3) is 0 Å². The molecule has 0 saturated heterocycles. The molecule has 0 aromatic rings. The van der Waals surface area contributed by atoms with Crippen molar-refractivity contribution in [2.75, 3.05) is 6.67 Å². The maximum absolute atomic E-state index is 11.7. The smallest absolute Gasteiger partial charge is 0.0894 e. The zero-order chi connectivity index (χ0) is 7.82. The molecule has 1 atom stereocenters. The van der Waals surface area contributed by atoms with Gasteiger partial charge in [0.15, 0.2) is 0 Å². The lowest BCUT2D eigenvalue weighted by atomic mass is 9.96. The van der Waals surface area contributed by atoms with Crippen molar-refractivity contribution >= 4 is 0 Å². The average Bonchev–Trinajstić information content (AvgIpc) is 1.98. The first kappa shape index (κ1) is 9.93. The van der Waals surface area contributed by atoms with E-state index < -0.39 is 0 Å². The summed E-state index contributed by atoms with van der Waals surface area (Å²) >= 11 is 0. The van der Waals surface area contributed by atoms with Crippen LogP contribution < -0.4 is 0 Å². The molecule has 0 bridgehead atoms. The fourth-order valence-corrected chi connectivity index (χ4v) is 1.33.